The van der Waals surface area contributed by atoms with E-state index in [9.17, 15) is 4.79 Å². The maximum absolute atomic E-state index is 12.2. The number of methoxy groups -OCH3 is 1. The Kier molecular flexibility index (Phi) is 6.80. The fraction of sp³-hybridized carbons (Fsp3) is 0.500. The molecule has 0 atom stereocenters. The van der Waals surface area contributed by atoms with Crippen molar-refractivity contribution in [1.82, 2.24) is 4.90 Å². The molecule has 0 aliphatic rings. The number of carbonyl (C=O) groups is 1. The summed E-state index contributed by atoms with van der Waals surface area (Å²) >= 11 is 3.40. The topological polar surface area (TPSA) is 29.5 Å². The molecule has 0 N–H and O–H groups in total. The van der Waals surface area contributed by atoms with Gasteiger partial charge in [0.1, 0.15) is 5.75 Å². The zero-order valence-corrected chi connectivity index (χ0v) is 12.6. The highest BCUT2D eigenvalue weighted by molar-refractivity contribution is 9.09. The number of unbranched alkanes of at least 4 members (excludes halogenated alkanes) is 2. The molecule has 4 heteroatoms. The van der Waals surface area contributed by atoms with Crippen molar-refractivity contribution in [2.75, 3.05) is 26.0 Å². The molecule has 0 aliphatic heterocycles. The predicted molar refractivity (Wildman–Crippen MR) is 77.6 cm³/mol. The van der Waals surface area contributed by atoms with Gasteiger partial charge in [-0.2, -0.15) is 0 Å². The Morgan fingerprint density at radius 1 is 1.28 bits per heavy atom. The van der Waals surface area contributed by atoms with Crippen LogP contribution in [0, 0.1) is 0 Å². The minimum atomic E-state index is 0.0197. The predicted octanol–water partition coefficient (Wildman–Crippen LogP) is 3.33. The summed E-state index contributed by atoms with van der Waals surface area (Å²) in [4.78, 5) is 14.0. The van der Waals surface area contributed by atoms with Crippen molar-refractivity contribution in [3.63, 3.8) is 0 Å². The van der Waals surface area contributed by atoms with Crippen LogP contribution in [-0.2, 0) is 0 Å². The molecular weight excluding hydrogens is 294 g/mol. The second-order valence-electron chi connectivity index (χ2n) is 4.18. The van der Waals surface area contributed by atoms with Crippen LogP contribution >= 0.6 is 15.9 Å². The van der Waals surface area contributed by atoms with Crippen LogP contribution in [0.25, 0.3) is 0 Å². The molecule has 3 nitrogen and oxygen atoms in total. The SMILES string of the molecule is COc1ccccc1C(=O)N(C)CCCCCBr. The first-order chi connectivity index (χ1) is 8.70. The van der Waals surface area contributed by atoms with Crippen LogP contribution in [0.15, 0.2) is 24.3 Å². The zero-order chi connectivity index (χ0) is 13.4. The van der Waals surface area contributed by atoms with E-state index in [4.69, 9.17) is 4.74 Å². The molecule has 0 unspecified atom stereocenters. The molecule has 0 spiro atoms. The van der Waals surface area contributed by atoms with Gasteiger partial charge in [0.2, 0.25) is 0 Å². The lowest BCUT2D eigenvalue weighted by Gasteiger charge is -2.18. The van der Waals surface area contributed by atoms with Crippen LogP contribution in [-0.4, -0.2) is 36.8 Å². The Labute approximate surface area is 117 Å². The van der Waals surface area contributed by atoms with E-state index in [0.29, 0.717) is 11.3 Å². The maximum Gasteiger partial charge on any atom is 0.257 e. The summed E-state index contributed by atoms with van der Waals surface area (Å²) in [6.45, 7) is 0.782. The average molecular weight is 314 g/mol. The van der Waals surface area contributed by atoms with Crippen molar-refractivity contribution >= 4 is 21.8 Å². The lowest BCUT2D eigenvalue weighted by atomic mass is 10.1. The van der Waals surface area contributed by atoms with E-state index in [0.717, 1.165) is 31.1 Å². The lowest BCUT2D eigenvalue weighted by molar-refractivity contribution is 0.0789. The Morgan fingerprint density at radius 2 is 2.00 bits per heavy atom. The summed E-state index contributed by atoms with van der Waals surface area (Å²) in [5.41, 5.74) is 0.628. The van der Waals surface area contributed by atoms with Gasteiger partial charge in [0.15, 0.2) is 0 Å². The van der Waals surface area contributed by atoms with E-state index >= 15 is 0 Å². The number of rotatable bonds is 7. The molecule has 0 radical (unpaired) electrons. The minimum absolute atomic E-state index is 0.0197. The highest BCUT2D eigenvalue weighted by atomic mass is 79.9. The molecule has 1 aromatic rings. The number of nitrogens with zero attached hydrogens (tertiary/aromatic N) is 1. The third kappa shape index (κ3) is 4.33. The maximum atomic E-state index is 12.2. The van der Waals surface area contributed by atoms with Gasteiger partial charge in [0, 0.05) is 18.9 Å². The molecule has 18 heavy (non-hydrogen) atoms. The first kappa shape index (κ1) is 15.0. The number of hydrogen-bond donors (Lipinski definition) is 0. The van der Waals surface area contributed by atoms with Crippen molar-refractivity contribution in [3.8, 4) is 5.75 Å². The molecule has 0 fully saturated rings. The molecule has 0 bridgehead atoms. The second-order valence-corrected chi connectivity index (χ2v) is 4.97. The molecule has 1 amide bonds. The van der Waals surface area contributed by atoms with Crippen LogP contribution in [0.1, 0.15) is 29.6 Å². The van der Waals surface area contributed by atoms with Gasteiger partial charge in [-0.1, -0.05) is 34.5 Å². The molecule has 0 saturated heterocycles. The molecule has 0 aliphatic carbocycles. The third-order valence-corrected chi connectivity index (χ3v) is 3.37. The number of halogens is 1. The van der Waals surface area contributed by atoms with Crippen LogP contribution < -0.4 is 4.74 Å². The van der Waals surface area contributed by atoms with Crippen LogP contribution in [0.5, 0.6) is 5.75 Å². The fourth-order valence-corrected chi connectivity index (χ4v) is 2.15. The van der Waals surface area contributed by atoms with Crippen LogP contribution in [0.3, 0.4) is 0 Å². The average Bonchev–Trinajstić information content (AvgIpc) is 2.42. The number of para-hydroxylation sites is 1. The summed E-state index contributed by atoms with van der Waals surface area (Å²) in [6, 6.07) is 7.34. The highest BCUT2D eigenvalue weighted by Crippen LogP contribution is 2.19. The molecule has 0 heterocycles. The summed E-state index contributed by atoms with van der Waals surface area (Å²) in [5.74, 6) is 0.654. The van der Waals surface area contributed by atoms with E-state index in [1.165, 1.54) is 0 Å². The van der Waals surface area contributed by atoms with Gasteiger partial charge < -0.3 is 9.64 Å². The molecule has 0 saturated carbocycles. The minimum Gasteiger partial charge on any atom is -0.496 e. The van der Waals surface area contributed by atoms with E-state index in [2.05, 4.69) is 15.9 Å². The van der Waals surface area contributed by atoms with Crippen LogP contribution in [0.4, 0.5) is 0 Å². The number of benzene rings is 1. The highest BCUT2D eigenvalue weighted by Gasteiger charge is 2.15. The van der Waals surface area contributed by atoms with E-state index in [1.807, 2.05) is 25.2 Å². The van der Waals surface area contributed by atoms with Crippen molar-refractivity contribution < 1.29 is 9.53 Å². The quantitative estimate of drug-likeness (QED) is 0.571. The number of hydrogen-bond acceptors (Lipinski definition) is 2. The van der Waals surface area contributed by atoms with Gasteiger partial charge in [-0.05, 0) is 25.0 Å². The van der Waals surface area contributed by atoms with E-state index in [1.54, 1.807) is 18.1 Å². The van der Waals surface area contributed by atoms with Gasteiger partial charge in [-0.25, -0.2) is 0 Å². The number of carbonyl (C=O) groups excluding carboxylic acids is 1. The molecule has 1 aromatic carbocycles. The third-order valence-electron chi connectivity index (χ3n) is 2.81. The largest absolute Gasteiger partial charge is 0.496 e. The molecule has 0 aromatic heterocycles. The lowest BCUT2D eigenvalue weighted by Crippen LogP contribution is -2.28. The number of ether oxygens (including phenoxy) is 1. The monoisotopic (exact) mass is 313 g/mol. The summed E-state index contributed by atoms with van der Waals surface area (Å²) in [5, 5.41) is 1.02. The van der Waals surface area contributed by atoms with Gasteiger partial charge >= 0.3 is 0 Å². The molecule has 1 rings (SSSR count). The Bertz CT molecular complexity index is 382. The summed E-state index contributed by atoms with van der Waals surface area (Å²) in [7, 11) is 3.42. The van der Waals surface area contributed by atoms with Gasteiger partial charge in [-0.3, -0.25) is 4.79 Å². The summed E-state index contributed by atoms with van der Waals surface area (Å²) < 4.78 is 5.21. The van der Waals surface area contributed by atoms with Crippen molar-refractivity contribution in [3.05, 3.63) is 29.8 Å². The van der Waals surface area contributed by atoms with E-state index < -0.39 is 0 Å². The van der Waals surface area contributed by atoms with Crippen LogP contribution in [0.2, 0.25) is 0 Å². The van der Waals surface area contributed by atoms with Crippen molar-refractivity contribution in [2.24, 2.45) is 0 Å². The fourth-order valence-electron chi connectivity index (χ4n) is 1.75. The smallest absolute Gasteiger partial charge is 0.257 e. The van der Waals surface area contributed by atoms with Gasteiger partial charge in [0.25, 0.3) is 5.91 Å². The van der Waals surface area contributed by atoms with Crippen molar-refractivity contribution in [2.45, 2.75) is 19.3 Å². The number of amides is 1. The number of alkyl halides is 1. The first-order valence-electron chi connectivity index (χ1n) is 6.15. The van der Waals surface area contributed by atoms with Gasteiger partial charge in [-0.15, -0.1) is 0 Å². The molecule has 100 valence electrons. The molecular formula is C14H20BrNO2. The van der Waals surface area contributed by atoms with E-state index in [-0.39, 0.29) is 5.91 Å². The zero-order valence-electron chi connectivity index (χ0n) is 11.0. The standard InChI is InChI=1S/C14H20BrNO2/c1-16(11-7-3-6-10-15)14(17)12-8-4-5-9-13(12)18-2/h4-5,8-9H,3,6-7,10-11H2,1-2H3. The first-order valence-corrected chi connectivity index (χ1v) is 7.27. The summed E-state index contributed by atoms with van der Waals surface area (Å²) in [6.07, 6.45) is 3.31. The van der Waals surface area contributed by atoms with Crippen molar-refractivity contribution in [1.29, 1.82) is 0 Å². The second kappa shape index (κ2) is 8.14. The normalized spacial score (nSPS) is 10.2. The Morgan fingerprint density at radius 3 is 2.67 bits per heavy atom. The Hall–Kier alpha value is -1.03. The van der Waals surface area contributed by atoms with Gasteiger partial charge in [0.05, 0.1) is 12.7 Å². The Balaban J connectivity index is 2.57.